The topological polar surface area (TPSA) is 84.9 Å². The molecule has 0 aliphatic heterocycles. The number of urea groups is 1. The molecule has 35 heavy (non-hydrogen) atoms. The molecule has 1 N–H and O–H groups in total. The molecular weight excluding hydrogens is 444 g/mol. The highest BCUT2D eigenvalue weighted by molar-refractivity contribution is 6.00. The summed E-state index contributed by atoms with van der Waals surface area (Å²) in [7, 11) is 0. The lowest BCUT2D eigenvalue weighted by Crippen LogP contribution is -2.44. The van der Waals surface area contributed by atoms with Crippen molar-refractivity contribution < 1.29 is 23.9 Å². The lowest BCUT2D eigenvalue weighted by Gasteiger charge is -2.26. The summed E-state index contributed by atoms with van der Waals surface area (Å²) in [5.74, 6) is -0.516. The van der Waals surface area contributed by atoms with Crippen LogP contribution in [0.4, 0.5) is 15.3 Å². The van der Waals surface area contributed by atoms with Gasteiger partial charge in [-0.05, 0) is 56.5 Å². The van der Waals surface area contributed by atoms with E-state index in [-0.39, 0.29) is 18.7 Å². The van der Waals surface area contributed by atoms with Crippen LogP contribution in [0.5, 0.6) is 0 Å². The van der Waals surface area contributed by atoms with Crippen molar-refractivity contribution >= 4 is 23.8 Å². The Balaban J connectivity index is 1.68. The van der Waals surface area contributed by atoms with Gasteiger partial charge < -0.3 is 14.8 Å². The van der Waals surface area contributed by atoms with Gasteiger partial charge in [0, 0.05) is 12.2 Å². The van der Waals surface area contributed by atoms with E-state index in [0.717, 1.165) is 16.0 Å². The molecule has 3 amide bonds. The van der Waals surface area contributed by atoms with Crippen LogP contribution in [0.2, 0.25) is 0 Å². The van der Waals surface area contributed by atoms with Crippen molar-refractivity contribution in [3.63, 3.8) is 0 Å². The van der Waals surface area contributed by atoms with Gasteiger partial charge in [0.25, 0.3) is 0 Å². The maximum absolute atomic E-state index is 13.1. The van der Waals surface area contributed by atoms with Crippen LogP contribution in [0.15, 0.2) is 84.9 Å². The molecule has 0 saturated heterocycles. The fourth-order valence-corrected chi connectivity index (χ4v) is 3.20. The number of hydrogen-bond donors (Lipinski definition) is 1. The third kappa shape index (κ3) is 8.30. The highest BCUT2D eigenvalue weighted by atomic mass is 16.6. The highest BCUT2D eigenvalue weighted by Gasteiger charge is 2.27. The largest absolute Gasteiger partial charge is 0.457 e. The predicted molar refractivity (Wildman–Crippen MR) is 134 cm³/mol. The maximum atomic E-state index is 13.1. The number of carbonyl (C=O) groups excluding carboxylic acids is 3. The fraction of sp³-hybridized carbons (Fsp3) is 0.250. The van der Waals surface area contributed by atoms with Gasteiger partial charge in [-0.3, -0.25) is 0 Å². The first-order valence-corrected chi connectivity index (χ1v) is 11.4. The summed E-state index contributed by atoms with van der Waals surface area (Å²) in [5.41, 5.74) is 1.74. The van der Waals surface area contributed by atoms with Gasteiger partial charge in [-0.1, -0.05) is 66.7 Å². The van der Waals surface area contributed by atoms with Gasteiger partial charge in [-0.2, -0.15) is 0 Å². The Bertz CT molecular complexity index is 1140. The molecule has 0 saturated carbocycles. The number of benzene rings is 3. The second kappa shape index (κ2) is 11.8. The minimum Gasteiger partial charge on any atom is -0.457 e. The number of esters is 1. The van der Waals surface area contributed by atoms with Crippen molar-refractivity contribution in [1.29, 1.82) is 0 Å². The summed E-state index contributed by atoms with van der Waals surface area (Å²) in [6.07, 6.45) is -0.274. The predicted octanol–water partition coefficient (Wildman–Crippen LogP) is 6.06. The van der Waals surface area contributed by atoms with Crippen LogP contribution >= 0.6 is 0 Å². The van der Waals surface area contributed by atoms with Gasteiger partial charge in [0.1, 0.15) is 12.2 Å². The van der Waals surface area contributed by atoms with Crippen LogP contribution in [0.3, 0.4) is 0 Å². The molecule has 182 valence electrons. The zero-order valence-corrected chi connectivity index (χ0v) is 20.2. The quantitative estimate of drug-likeness (QED) is 0.421. The molecule has 0 atom stereocenters. The fourth-order valence-electron chi connectivity index (χ4n) is 3.20. The lowest BCUT2D eigenvalue weighted by atomic mass is 10.1. The minimum absolute atomic E-state index is 0.129. The van der Waals surface area contributed by atoms with E-state index in [0.29, 0.717) is 12.1 Å². The number of amides is 3. The Kier molecular flexibility index (Phi) is 8.62. The van der Waals surface area contributed by atoms with E-state index >= 15 is 0 Å². The molecular formula is C28H30N2O5. The second-order valence-corrected chi connectivity index (χ2v) is 8.94. The minimum atomic E-state index is -0.759. The van der Waals surface area contributed by atoms with Crippen molar-refractivity contribution in [3.8, 4) is 0 Å². The molecule has 0 aliphatic rings. The number of anilines is 1. The summed E-state index contributed by atoms with van der Waals surface area (Å²) in [5, 5.41) is 2.69. The first-order valence-electron chi connectivity index (χ1n) is 11.4. The molecule has 0 spiro atoms. The Morgan fingerprint density at radius 3 is 2.09 bits per heavy atom. The monoisotopic (exact) mass is 474 g/mol. The lowest BCUT2D eigenvalue weighted by molar-refractivity contribution is 0.0333. The Labute approximate surface area is 205 Å². The van der Waals surface area contributed by atoms with Gasteiger partial charge in [-0.25, -0.2) is 19.3 Å². The van der Waals surface area contributed by atoms with E-state index in [1.807, 2.05) is 60.7 Å². The molecule has 3 aromatic carbocycles. The van der Waals surface area contributed by atoms with Gasteiger partial charge >= 0.3 is 18.1 Å². The first kappa shape index (κ1) is 25.5. The summed E-state index contributed by atoms with van der Waals surface area (Å²) >= 11 is 0. The van der Waals surface area contributed by atoms with Gasteiger partial charge in [0.2, 0.25) is 0 Å². The number of rotatable bonds is 7. The van der Waals surface area contributed by atoms with Crippen LogP contribution in [0.1, 0.15) is 42.3 Å². The standard InChI is InChI=1S/C28H30N2O5/c1-28(2,3)35-27(33)30(18-17-21-11-6-4-7-12-21)26(32)29-24-16-10-15-23(19-24)25(31)34-20-22-13-8-5-9-14-22/h4-16,19H,17-18,20H2,1-3H3,(H,29,32). The van der Waals surface area contributed by atoms with Crippen molar-refractivity contribution in [2.75, 3.05) is 11.9 Å². The van der Waals surface area contributed by atoms with E-state index in [1.54, 1.807) is 39.0 Å². The second-order valence-electron chi connectivity index (χ2n) is 8.94. The maximum Gasteiger partial charge on any atom is 0.418 e. The zero-order valence-electron chi connectivity index (χ0n) is 20.2. The van der Waals surface area contributed by atoms with Crippen LogP contribution in [0.25, 0.3) is 0 Å². The molecule has 0 aliphatic carbocycles. The molecule has 0 radical (unpaired) electrons. The third-order valence-corrected chi connectivity index (χ3v) is 4.89. The molecule has 0 fully saturated rings. The first-order chi connectivity index (χ1) is 16.7. The van der Waals surface area contributed by atoms with Gasteiger partial charge in [-0.15, -0.1) is 0 Å². The summed E-state index contributed by atoms with van der Waals surface area (Å²) in [6.45, 7) is 5.49. The van der Waals surface area contributed by atoms with E-state index in [9.17, 15) is 14.4 Å². The Morgan fingerprint density at radius 2 is 1.46 bits per heavy atom. The van der Waals surface area contributed by atoms with Gasteiger partial charge in [0.05, 0.1) is 5.56 Å². The van der Waals surface area contributed by atoms with E-state index in [4.69, 9.17) is 9.47 Å². The number of nitrogens with zero attached hydrogens (tertiary/aromatic N) is 1. The number of imide groups is 1. The normalized spacial score (nSPS) is 10.8. The molecule has 0 aromatic heterocycles. The van der Waals surface area contributed by atoms with Crippen LogP contribution in [0, 0.1) is 0 Å². The average molecular weight is 475 g/mol. The Morgan fingerprint density at radius 1 is 0.829 bits per heavy atom. The van der Waals surface area contributed by atoms with Gasteiger partial charge in [0.15, 0.2) is 0 Å². The van der Waals surface area contributed by atoms with E-state index in [2.05, 4.69) is 5.32 Å². The van der Waals surface area contributed by atoms with Crippen molar-refractivity contribution in [2.24, 2.45) is 0 Å². The molecule has 0 unspecified atom stereocenters. The number of ether oxygens (including phenoxy) is 2. The van der Waals surface area contributed by atoms with Crippen LogP contribution < -0.4 is 5.32 Å². The third-order valence-electron chi connectivity index (χ3n) is 4.89. The summed E-state index contributed by atoms with van der Waals surface area (Å²) in [4.78, 5) is 39.3. The van der Waals surface area contributed by atoms with Crippen LogP contribution in [-0.4, -0.2) is 35.1 Å². The number of carbonyl (C=O) groups is 3. The molecule has 3 rings (SSSR count). The SMILES string of the molecule is CC(C)(C)OC(=O)N(CCc1ccccc1)C(=O)Nc1cccc(C(=O)OCc2ccccc2)c1. The van der Waals surface area contributed by atoms with Crippen molar-refractivity contribution in [3.05, 3.63) is 102 Å². The summed E-state index contributed by atoms with van der Waals surface area (Å²) < 4.78 is 10.8. The molecule has 7 heteroatoms. The van der Waals surface area contributed by atoms with Crippen molar-refractivity contribution in [1.82, 2.24) is 4.90 Å². The number of hydrogen-bond acceptors (Lipinski definition) is 5. The molecule has 7 nitrogen and oxygen atoms in total. The Hall–Kier alpha value is -4.13. The van der Waals surface area contributed by atoms with Crippen molar-refractivity contribution in [2.45, 2.75) is 39.4 Å². The zero-order chi connectivity index (χ0) is 25.3. The van der Waals surface area contributed by atoms with E-state index < -0.39 is 23.7 Å². The highest BCUT2D eigenvalue weighted by Crippen LogP contribution is 2.16. The molecule has 0 heterocycles. The average Bonchev–Trinajstić information content (AvgIpc) is 2.83. The molecule has 3 aromatic rings. The van der Waals surface area contributed by atoms with Crippen LogP contribution in [-0.2, 0) is 22.5 Å². The smallest absolute Gasteiger partial charge is 0.418 e. The summed E-state index contributed by atoms with van der Waals surface area (Å²) in [6, 6.07) is 24.6. The number of nitrogens with one attached hydrogen (secondary N) is 1. The molecule has 0 bridgehead atoms. The van der Waals surface area contributed by atoms with E-state index in [1.165, 1.54) is 6.07 Å².